The summed E-state index contributed by atoms with van der Waals surface area (Å²) in [6.45, 7) is -0.00381. The van der Waals surface area contributed by atoms with Gasteiger partial charge in [0.2, 0.25) is 6.10 Å². The van der Waals surface area contributed by atoms with E-state index in [1.54, 1.807) is 6.07 Å². The highest BCUT2D eigenvalue weighted by molar-refractivity contribution is 6.03. The number of carbonyl (C=O) groups excluding carboxylic acids is 2. The molecule has 2 aromatic rings. The number of benzene rings is 2. The SMILES string of the molecule is O=C(COC(=O)C1CC(c2cccc(F)c2)=NO1)Nc1cc2c(cc1[N+](=O)[O-])OCCCO2. The Balaban J connectivity index is 1.34. The molecule has 0 spiro atoms. The molecule has 1 N–H and O–H groups in total. The van der Waals surface area contributed by atoms with Crippen LogP contribution in [0, 0.1) is 15.9 Å². The van der Waals surface area contributed by atoms with Crippen molar-refractivity contribution in [2.45, 2.75) is 18.9 Å². The monoisotopic (exact) mass is 459 g/mol. The number of carbonyl (C=O) groups is 2. The zero-order valence-electron chi connectivity index (χ0n) is 17.1. The predicted molar refractivity (Wildman–Crippen MR) is 111 cm³/mol. The van der Waals surface area contributed by atoms with Crippen molar-refractivity contribution in [2.75, 3.05) is 25.1 Å². The summed E-state index contributed by atoms with van der Waals surface area (Å²) in [4.78, 5) is 40.3. The fourth-order valence-corrected chi connectivity index (χ4v) is 3.21. The van der Waals surface area contributed by atoms with Crippen molar-refractivity contribution in [1.82, 2.24) is 0 Å². The van der Waals surface area contributed by atoms with Crippen LogP contribution in [0.1, 0.15) is 18.4 Å². The van der Waals surface area contributed by atoms with Crippen LogP contribution in [0.3, 0.4) is 0 Å². The normalized spacial score (nSPS) is 16.8. The Bertz CT molecular complexity index is 1140. The Labute approximate surface area is 186 Å². The van der Waals surface area contributed by atoms with Crippen LogP contribution in [0.4, 0.5) is 15.8 Å². The van der Waals surface area contributed by atoms with Crippen LogP contribution < -0.4 is 14.8 Å². The maximum Gasteiger partial charge on any atom is 0.351 e. The van der Waals surface area contributed by atoms with E-state index in [1.165, 1.54) is 30.3 Å². The van der Waals surface area contributed by atoms with Crippen LogP contribution in [0.15, 0.2) is 41.6 Å². The van der Waals surface area contributed by atoms with Crippen LogP contribution in [0.5, 0.6) is 11.5 Å². The number of nitrogens with one attached hydrogen (secondary N) is 1. The number of esters is 1. The number of nitro groups is 1. The Kier molecular flexibility index (Phi) is 6.33. The van der Waals surface area contributed by atoms with Crippen molar-refractivity contribution in [3.8, 4) is 11.5 Å². The van der Waals surface area contributed by atoms with Crippen LogP contribution in [0.2, 0.25) is 0 Å². The number of nitrogens with zero attached hydrogens (tertiary/aromatic N) is 2. The maximum absolute atomic E-state index is 13.4. The molecule has 0 saturated carbocycles. The molecule has 0 aromatic heterocycles. The molecule has 172 valence electrons. The second-order valence-corrected chi connectivity index (χ2v) is 7.13. The molecule has 1 atom stereocenters. The molecule has 2 aliphatic rings. The molecule has 12 heteroatoms. The van der Waals surface area contributed by atoms with Gasteiger partial charge in [0.05, 0.1) is 29.9 Å². The van der Waals surface area contributed by atoms with E-state index in [4.69, 9.17) is 19.0 Å². The molecule has 0 saturated heterocycles. The van der Waals surface area contributed by atoms with Gasteiger partial charge in [0.25, 0.3) is 11.6 Å². The van der Waals surface area contributed by atoms with Crippen molar-refractivity contribution >= 4 is 29.0 Å². The summed E-state index contributed by atoms with van der Waals surface area (Å²) in [5.41, 5.74) is 0.304. The minimum absolute atomic E-state index is 0.0392. The van der Waals surface area contributed by atoms with Gasteiger partial charge in [0.15, 0.2) is 18.1 Å². The number of anilines is 1. The quantitative estimate of drug-likeness (QED) is 0.395. The molecular weight excluding hydrogens is 441 g/mol. The summed E-state index contributed by atoms with van der Waals surface area (Å²) >= 11 is 0. The third-order valence-electron chi connectivity index (χ3n) is 4.77. The first-order chi connectivity index (χ1) is 15.9. The van der Waals surface area contributed by atoms with E-state index >= 15 is 0 Å². The number of hydrogen-bond acceptors (Lipinski definition) is 9. The Morgan fingerprint density at radius 1 is 1.21 bits per heavy atom. The smallest absolute Gasteiger partial charge is 0.351 e. The Morgan fingerprint density at radius 2 is 1.97 bits per heavy atom. The van der Waals surface area contributed by atoms with Crippen molar-refractivity contribution in [3.63, 3.8) is 0 Å². The van der Waals surface area contributed by atoms with Gasteiger partial charge in [-0.25, -0.2) is 9.18 Å². The molecule has 0 fully saturated rings. The van der Waals surface area contributed by atoms with Gasteiger partial charge in [0, 0.05) is 24.5 Å². The maximum atomic E-state index is 13.4. The van der Waals surface area contributed by atoms with E-state index in [0.29, 0.717) is 30.9 Å². The van der Waals surface area contributed by atoms with E-state index in [1.807, 2.05) is 0 Å². The van der Waals surface area contributed by atoms with Gasteiger partial charge in [-0.1, -0.05) is 17.3 Å². The molecule has 33 heavy (non-hydrogen) atoms. The van der Waals surface area contributed by atoms with E-state index < -0.39 is 41.0 Å². The number of amides is 1. The topological polar surface area (TPSA) is 139 Å². The van der Waals surface area contributed by atoms with Crippen LogP contribution >= 0.6 is 0 Å². The fourth-order valence-electron chi connectivity index (χ4n) is 3.21. The summed E-state index contributed by atoms with van der Waals surface area (Å²) in [5.74, 6) is -1.65. The lowest BCUT2D eigenvalue weighted by atomic mass is 10.1. The number of halogens is 1. The van der Waals surface area contributed by atoms with Crippen molar-refractivity contribution in [2.24, 2.45) is 5.16 Å². The minimum atomic E-state index is -1.09. The first kappa shape index (κ1) is 22.0. The third-order valence-corrected chi connectivity index (χ3v) is 4.77. The molecule has 0 bridgehead atoms. The zero-order valence-corrected chi connectivity index (χ0v) is 17.1. The zero-order chi connectivity index (χ0) is 23.4. The molecule has 4 rings (SSSR count). The molecule has 0 aliphatic carbocycles. The van der Waals surface area contributed by atoms with Gasteiger partial charge >= 0.3 is 5.97 Å². The summed E-state index contributed by atoms with van der Waals surface area (Å²) in [5, 5.41) is 17.5. The van der Waals surface area contributed by atoms with Gasteiger partial charge in [-0.2, -0.15) is 0 Å². The largest absolute Gasteiger partial charge is 0.489 e. The average molecular weight is 459 g/mol. The summed E-state index contributed by atoms with van der Waals surface area (Å²) in [6, 6.07) is 8.11. The second kappa shape index (κ2) is 9.51. The third kappa shape index (κ3) is 5.17. The minimum Gasteiger partial charge on any atom is -0.489 e. The van der Waals surface area contributed by atoms with E-state index in [0.717, 1.165) is 0 Å². The number of ether oxygens (including phenoxy) is 3. The lowest BCUT2D eigenvalue weighted by molar-refractivity contribution is -0.384. The predicted octanol–water partition coefficient (Wildman–Crippen LogP) is 2.57. The molecule has 11 nitrogen and oxygen atoms in total. The van der Waals surface area contributed by atoms with Crippen molar-refractivity contribution in [3.05, 3.63) is 57.9 Å². The molecule has 2 heterocycles. The Morgan fingerprint density at radius 3 is 2.70 bits per heavy atom. The number of rotatable bonds is 6. The van der Waals surface area contributed by atoms with E-state index in [2.05, 4.69) is 10.5 Å². The van der Waals surface area contributed by atoms with Gasteiger partial charge in [-0.05, 0) is 12.1 Å². The van der Waals surface area contributed by atoms with E-state index in [9.17, 15) is 24.1 Å². The molecular formula is C21H18FN3O8. The molecule has 2 aromatic carbocycles. The Hall–Kier alpha value is -4.22. The van der Waals surface area contributed by atoms with Crippen molar-refractivity contribution in [1.29, 1.82) is 0 Å². The fraction of sp³-hybridized carbons (Fsp3) is 0.286. The van der Waals surface area contributed by atoms with Crippen LogP contribution in [0.25, 0.3) is 0 Å². The molecule has 1 amide bonds. The van der Waals surface area contributed by atoms with Crippen LogP contribution in [-0.4, -0.2) is 48.4 Å². The summed E-state index contributed by atoms with van der Waals surface area (Å²) in [7, 11) is 0. The molecule has 2 aliphatic heterocycles. The number of nitro benzene ring substituents is 1. The summed E-state index contributed by atoms with van der Waals surface area (Å²) in [6.07, 6.45) is -0.450. The van der Waals surface area contributed by atoms with Gasteiger partial charge in [0.1, 0.15) is 11.5 Å². The highest BCUT2D eigenvalue weighted by Crippen LogP contribution is 2.39. The summed E-state index contributed by atoms with van der Waals surface area (Å²) < 4.78 is 29.2. The van der Waals surface area contributed by atoms with Crippen molar-refractivity contribution < 1.29 is 38.0 Å². The molecule has 1 unspecified atom stereocenters. The number of hydrogen-bond donors (Lipinski definition) is 1. The van der Waals surface area contributed by atoms with Gasteiger partial charge in [-0.15, -0.1) is 0 Å². The first-order valence-corrected chi connectivity index (χ1v) is 9.94. The number of fused-ring (bicyclic) bond motifs is 1. The van der Waals surface area contributed by atoms with E-state index in [-0.39, 0.29) is 23.6 Å². The van der Waals surface area contributed by atoms with Gasteiger partial charge < -0.3 is 24.4 Å². The highest BCUT2D eigenvalue weighted by atomic mass is 19.1. The highest BCUT2D eigenvalue weighted by Gasteiger charge is 2.31. The molecule has 0 radical (unpaired) electrons. The van der Waals surface area contributed by atoms with Crippen LogP contribution in [-0.2, 0) is 19.2 Å². The lowest BCUT2D eigenvalue weighted by Crippen LogP contribution is -2.28. The first-order valence-electron chi connectivity index (χ1n) is 9.94. The standard InChI is InChI=1S/C21H18FN3O8/c22-13-4-1-3-12(7-13)14-8-19(33-24-14)21(27)32-11-20(26)23-15-9-17-18(10-16(15)25(28)29)31-6-2-5-30-17/h1,3-4,7,9-10,19H,2,5-6,8,11H2,(H,23,26). The lowest BCUT2D eigenvalue weighted by Gasteiger charge is -2.12. The average Bonchev–Trinajstić information content (AvgIpc) is 3.17. The number of oxime groups is 1. The van der Waals surface area contributed by atoms with Gasteiger partial charge in [-0.3, -0.25) is 14.9 Å². The second-order valence-electron chi connectivity index (χ2n) is 7.13.